The molecule has 10 rings (SSSR count). The summed E-state index contributed by atoms with van der Waals surface area (Å²) in [4.78, 5) is 0. The number of para-hydroxylation sites is 4. The van der Waals surface area contributed by atoms with Crippen LogP contribution in [-0.4, -0.2) is 13.7 Å². The largest absolute Gasteiger partial charge is 0.309 e. The van der Waals surface area contributed by atoms with Gasteiger partial charge >= 0.3 is 0 Å². The smallest absolute Gasteiger partial charge is 0.0992 e. The molecule has 0 atom stereocenters. The first-order valence-corrected chi connectivity index (χ1v) is 15.8. The Bertz CT molecular complexity index is 2900. The van der Waals surface area contributed by atoms with Gasteiger partial charge in [-0.1, -0.05) is 84.9 Å². The van der Waals surface area contributed by atoms with Crippen LogP contribution in [0.4, 0.5) is 0 Å². The Hall–Kier alpha value is -6.57. The highest BCUT2D eigenvalue weighted by molar-refractivity contribution is 6.26. The van der Waals surface area contributed by atoms with Gasteiger partial charge in [-0.25, -0.2) is 0 Å². The molecule has 0 N–H and O–H groups in total. The van der Waals surface area contributed by atoms with Crippen LogP contribution in [0.2, 0.25) is 0 Å². The molecule has 0 fully saturated rings. The molecule has 47 heavy (non-hydrogen) atoms. The van der Waals surface area contributed by atoms with Crippen LogP contribution in [0.5, 0.6) is 0 Å². The predicted octanol–water partition coefficient (Wildman–Crippen LogP) is 10.8. The zero-order valence-electron chi connectivity index (χ0n) is 25.3. The van der Waals surface area contributed by atoms with Gasteiger partial charge in [0.05, 0.1) is 44.7 Å². The number of hydrogen-bond donors (Lipinski definition) is 0. The fourth-order valence-electron chi connectivity index (χ4n) is 7.70. The molecule has 0 bridgehead atoms. The summed E-state index contributed by atoms with van der Waals surface area (Å²) < 4.78 is 7.10. The second-order valence-corrected chi connectivity index (χ2v) is 12.1. The highest BCUT2D eigenvalue weighted by Gasteiger charge is 2.21. The summed E-state index contributed by atoms with van der Waals surface area (Å²) >= 11 is 0. The number of fused-ring (bicyclic) bond motifs is 10. The molecule has 0 saturated carbocycles. The van der Waals surface area contributed by atoms with Crippen molar-refractivity contribution in [1.82, 2.24) is 13.7 Å². The first kappa shape index (κ1) is 25.7. The molecular weight excluding hydrogens is 573 g/mol. The van der Waals surface area contributed by atoms with Gasteiger partial charge in [0, 0.05) is 49.4 Å². The molecule has 10 aromatic rings. The lowest BCUT2D eigenvalue weighted by molar-refractivity contribution is 1.16. The highest BCUT2D eigenvalue weighted by atomic mass is 15.0. The fourth-order valence-corrected chi connectivity index (χ4v) is 7.70. The van der Waals surface area contributed by atoms with E-state index in [-0.39, 0.29) is 0 Å². The summed E-state index contributed by atoms with van der Waals surface area (Å²) in [6.07, 6.45) is 0. The summed E-state index contributed by atoms with van der Waals surface area (Å²) in [7, 11) is 0. The molecule has 218 valence electrons. The van der Waals surface area contributed by atoms with E-state index >= 15 is 0 Å². The number of hydrogen-bond acceptors (Lipinski definition) is 1. The minimum absolute atomic E-state index is 0.650. The third-order valence-corrected chi connectivity index (χ3v) is 9.64. The van der Waals surface area contributed by atoms with Gasteiger partial charge in [0.2, 0.25) is 0 Å². The molecule has 0 aliphatic heterocycles. The summed E-state index contributed by atoms with van der Waals surface area (Å²) in [5, 5.41) is 17.0. The molecule has 0 saturated heterocycles. The minimum atomic E-state index is 0.650. The summed E-state index contributed by atoms with van der Waals surface area (Å²) in [5.41, 5.74) is 10.8. The maximum absolute atomic E-state index is 9.78. The van der Waals surface area contributed by atoms with Crippen molar-refractivity contribution >= 4 is 65.4 Å². The molecule has 4 heteroatoms. The van der Waals surface area contributed by atoms with Gasteiger partial charge in [-0.05, 0) is 72.8 Å². The maximum atomic E-state index is 9.78. The number of benzene rings is 7. The zero-order chi connectivity index (χ0) is 31.1. The van der Waals surface area contributed by atoms with Crippen molar-refractivity contribution < 1.29 is 0 Å². The van der Waals surface area contributed by atoms with Gasteiger partial charge in [0.25, 0.3) is 0 Å². The first-order chi connectivity index (χ1) is 23.3. The summed E-state index contributed by atoms with van der Waals surface area (Å²) in [6.45, 7) is 0. The van der Waals surface area contributed by atoms with E-state index in [9.17, 15) is 5.26 Å². The molecule has 0 aliphatic rings. The Morgan fingerprint density at radius 1 is 0.362 bits per heavy atom. The second kappa shape index (κ2) is 9.71. The van der Waals surface area contributed by atoms with Crippen LogP contribution in [-0.2, 0) is 0 Å². The van der Waals surface area contributed by atoms with Crippen LogP contribution in [0.15, 0.2) is 158 Å². The molecule has 3 heterocycles. The van der Waals surface area contributed by atoms with Crippen molar-refractivity contribution in [3.05, 3.63) is 163 Å². The van der Waals surface area contributed by atoms with E-state index in [1.807, 2.05) is 18.2 Å². The standard InChI is InChI=1S/C43H26N4/c44-27-28-19-21-33-36-26-31(20-23-39(36)46(41(33)25-28)30-13-5-2-6-14-30)47-37-17-9-7-15-32(37)34-22-24-40-42(43(34)47)35-16-8-10-18-38(35)45(40)29-11-3-1-4-12-29/h1-26H. The zero-order valence-corrected chi connectivity index (χ0v) is 25.3. The van der Waals surface area contributed by atoms with Gasteiger partial charge in [-0.15, -0.1) is 0 Å². The molecule has 0 spiro atoms. The molecule has 0 radical (unpaired) electrons. The summed E-state index contributed by atoms with van der Waals surface area (Å²) in [6, 6.07) is 58.2. The van der Waals surface area contributed by atoms with Crippen LogP contribution in [0.3, 0.4) is 0 Å². The second-order valence-electron chi connectivity index (χ2n) is 12.1. The van der Waals surface area contributed by atoms with Crippen molar-refractivity contribution in [2.75, 3.05) is 0 Å². The van der Waals surface area contributed by atoms with Crippen molar-refractivity contribution in [3.63, 3.8) is 0 Å². The Morgan fingerprint density at radius 3 is 1.64 bits per heavy atom. The quantitative estimate of drug-likeness (QED) is 0.199. The Labute approximate surface area is 270 Å². The van der Waals surface area contributed by atoms with Crippen molar-refractivity contribution in [1.29, 1.82) is 5.26 Å². The lowest BCUT2D eigenvalue weighted by atomic mass is 10.1. The van der Waals surface area contributed by atoms with E-state index < -0.39 is 0 Å². The molecule has 0 amide bonds. The fraction of sp³-hybridized carbons (Fsp3) is 0. The highest BCUT2D eigenvalue weighted by Crippen LogP contribution is 2.43. The minimum Gasteiger partial charge on any atom is -0.309 e. The molecule has 3 aromatic heterocycles. The van der Waals surface area contributed by atoms with Crippen LogP contribution in [0.1, 0.15) is 5.56 Å². The molecule has 7 aromatic carbocycles. The lowest BCUT2D eigenvalue weighted by Gasteiger charge is -2.11. The number of nitrogens with zero attached hydrogens (tertiary/aromatic N) is 4. The Morgan fingerprint density at radius 2 is 0.915 bits per heavy atom. The van der Waals surface area contributed by atoms with Crippen LogP contribution in [0.25, 0.3) is 82.5 Å². The lowest BCUT2D eigenvalue weighted by Crippen LogP contribution is -1.96. The molecule has 0 unspecified atom stereocenters. The number of aromatic nitrogens is 3. The van der Waals surface area contributed by atoms with Gasteiger partial charge < -0.3 is 13.7 Å². The molecule has 0 aliphatic carbocycles. The van der Waals surface area contributed by atoms with Crippen LogP contribution in [0, 0.1) is 11.3 Å². The van der Waals surface area contributed by atoms with Crippen LogP contribution >= 0.6 is 0 Å². The van der Waals surface area contributed by atoms with E-state index in [1.165, 1.54) is 43.6 Å². The van der Waals surface area contributed by atoms with Crippen LogP contribution < -0.4 is 0 Å². The molecule has 4 nitrogen and oxygen atoms in total. The van der Waals surface area contributed by atoms with Gasteiger partial charge in [-0.2, -0.15) is 5.26 Å². The molecular formula is C43H26N4. The number of nitriles is 1. The van der Waals surface area contributed by atoms with E-state index in [0.717, 1.165) is 38.9 Å². The van der Waals surface area contributed by atoms with E-state index in [4.69, 9.17) is 0 Å². The Balaban J connectivity index is 1.36. The van der Waals surface area contributed by atoms with E-state index in [2.05, 4.69) is 159 Å². The topological polar surface area (TPSA) is 38.6 Å². The van der Waals surface area contributed by atoms with Crippen molar-refractivity contribution in [3.8, 4) is 23.1 Å². The predicted molar refractivity (Wildman–Crippen MR) is 194 cm³/mol. The third kappa shape index (κ3) is 3.57. The summed E-state index contributed by atoms with van der Waals surface area (Å²) in [5.74, 6) is 0. The van der Waals surface area contributed by atoms with E-state index in [1.54, 1.807) is 0 Å². The average Bonchev–Trinajstić information content (AvgIpc) is 3.77. The monoisotopic (exact) mass is 598 g/mol. The number of rotatable bonds is 3. The SMILES string of the molecule is N#Cc1ccc2c3cc(-n4c5ccccc5c5ccc6c(c7ccccc7n6-c6ccccc6)c54)ccc3n(-c3ccccc3)c2c1. The van der Waals surface area contributed by atoms with Gasteiger partial charge in [0.15, 0.2) is 0 Å². The normalized spacial score (nSPS) is 11.8. The third-order valence-electron chi connectivity index (χ3n) is 9.64. The average molecular weight is 599 g/mol. The van der Waals surface area contributed by atoms with Gasteiger partial charge in [-0.3, -0.25) is 0 Å². The first-order valence-electron chi connectivity index (χ1n) is 15.8. The van der Waals surface area contributed by atoms with Crippen molar-refractivity contribution in [2.45, 2.75) is 0 Å². The van der Waals surface area contributed by atoms with Crippen molar-refractivity contribution in [2.24, 2.45) is 0 Å². The Kier molecular flexibility index (Phi) is 5.32. The maximum Gasteiger partial charge on any atom is 0.0992 e. The van der Waals surface area contributed by atoms with E-state index in [0.29, 0.717) is 5.56 Å². The van der Waals surface area contributed by atoms with Gasteiger partial charge in [0.1, 0.15) is 0 Å².